The number of nitrogens with two attached hydrogens (primary N) is 1. The van der Waals surface area contributed by atoms with E-state index in [1.165, 1.54) is 12.1 Å². The predicted molar refractivity (Wildman–Crippen MR) is 144 cm³/mol. The van der Waals surface area contributed by atoms with Gasteiger partial charge in [0.15, 0.2) is 11.5 Å². The van der Waals surface area contributed by atoms with Crippen molar-refractivity contribution in [1.82, 2.24) is 0 Å². The molecule has 3 atom stereocenters. The zero-order valence-electron chi connectivity index (χ0n) is 24.5. The van der Waals surface area contributed by atoms with Crippen LogP contribution in [0.5, 0.6) is 11.5 Å². The summed E-state index contributed by atoms with van der Waals surface area (Å²) >= 11 is 0. The van der Waals surface area contributed by atoms with Crippen molar-refractivity contribution in [3.63, 3.8) is 0 Å². The van der Waals surface area contributed by atoms with Crippen molar-refractivity contribution in [1.29, 1.82) is 0 Å². The number of hydrogen-bond donors (Lipinski definition) is 2. The van der Waals surface area contributed by atoms with E-state index in [1.54, 1.807) is 61.5 Å². The number of aliphatic carboxylic acids is 1. The fourth-order valence-electron chi connectivity index (χ4n) is 3.23. The first kappa shape index (κ1) is 33.1. The summed E-state index contributed by atoms with van der Waals surface area (Å²) < 4.78 is 16.8. The van der Waals surface area contributed by atoms with Gasteiger partial charge in [0, 0.05) is 5.92 Å². The van der Waals surface area contributed by atoms with E-state index in [0.717, 1.165) is 0 Å². The zero-order chi connectivity index (χ0) is 29.6. The maximum Gasteiger partial charge on any atom is 0.321 e. The summed E-state index contributed by atoms with van der Waals surface area (Å²) in [5, 5.41) is 9.73. The highest BCUT2D eigenvalue weighted by molar-refractivity contribution is 5.82. The van der Waals surface area contributed by atoms with Crippen molar-refractivity contribution in [2.45, 2.75) is 94.0 Å². The van der Waals surface area contributed by atoms with Crippen LogP contribution in [0, 0.1) is 22.2 Å². The molecule has 38 heavy (non-hydrogen) atoms. The molecule has 0 aliphatic carbocycles. The Morgan fingerprint density at radius 2 is 1.32 bits per heavy atom. The van der Waals surface area contributed by atoms with Gasteiger partial charge in [-0.25, -0.2) is 0 Å². The molecule has 9 nitrogen and oxygen atoms in total. The van der Waals surface area contributed by atoms with Gasteiger partial charge in [0.05, 0.1) is 22.9 Å². The van der Waals surface area contributed by atoms with Crippen LogP contribution in [0.15, 0.2) is 18.2 Å². The van der Waals surface area contributed by atoms with E-state index in [0.29, 0.717) is 18.4 Å². The van der Waals surface area contributed by atoms with Crippen LogP contribution in [0.25, 0.3) is 0 Å². The third kappa shape index (κ3) is 8.55. The van der Waals surface area contributed by atoms with Crippen molar-refractivity contribution in [2.24, 2.45) is 27.9 Å². The summed E-state index contributed by atoms with van der Waals surface area (Å²) in [4.78, 5) is 50.0. The molecule has 214 valence electrons. The van der Waals surface area contributed by atoms with Crippen LogP contribution in [0.1, 0.15) is 93.6 Å². The Kier molecular flexibility index (Phi) is 11.1. The van der Waals surface area contributed by atoms with Crippen LogP contribution in [-0.2, 0) is 23.9 Å². The fourth-order valence-corrected chi connectivity index (χ4v) is 3.23. The summed E-state index contributed by atoms with van der Waals surface area (Å²) in [5.41, 5.74) is 4.21. The van der Waals surface area contributed by atoms with Crippen LogP contribution >= 0.6 is 0 Å². The third-order valence-electron chi connectivity index (χ3n) is 7.01. The molecule has 0 aliphatic rings. The van der Waals surface area contributed by atoms with Gasteiger partial charge in [0.1, 0.15) is 6.04 Å². The SMILES string of the molecule is CCC(C)(C)C(=O)Oc1ccc(C(C(C)COC(=O)C(C)(C)C)[C@H](N)C(=O)O)cc1OC(=O)C(C)(C)CC. The standard InChI is InChI=1S/C29H45NO8/c1-11-28(7,8)25(34)37-19-14-13-18(15-20(19)38-26(35)29(9,10)12-2)21(22(30)23(31)32)17(3)16-36-24(33)27(4,5)6/h13-15,17,21-22H,11-12,16,30H2,1-10H3,(H,31,32)/t17?,21?,22-/m0/s1. The average molecular weight is 536 g/mol. The van der Waals surface area contributed by atoms with Gasteiger partial charge in [-0.15, -0.1) is 0 Å². The molecule has 9 heteroatoms. The molecule has 0 saturated carbocycles. The summed E-state index contributed by atoms with van der Waals surface area (Å²) in [6.45, 7) is 17.5. The summed E-state index contributed by atoms with van der Waals surface area (Å²) in [6.07, 6.45) is 1.04. The molecule has 0 amide bonds. The number of esters is 3. The van der Waals surface area contributed by atoms with Gasteiger partial charge < -0.3 is 25.1 Å². The molecule has 0 aliphatic heterocycles. The second-order valence-corrected chi connectivity index (χ2v) is 12.2. The minimum atomic E-state index is -1.35. The third-order valence-corrected chi connectivity index (χ3v) is 7.01. The summed E-state index contributed by atoms with van der Waals surface area (Å²) in [7, 11) is 0. The van der Waals surface area contributed by atoms with Gasteiger partial charge >= 0.3 is 23.9 Å². The van der Waals surface area contributed by atoms with Crippen molar-refractivity contribution in [3.8, 4) is 11.5 Å². The van der Waals surface area contributed by atoms with E-state index in [-0.39, 0.29) is 18.1 Å². The van der Waals surface area contributed by atoms with E-state index in [4.69, 9.17) is 19.9 Å². The molecule has 0 heterocycles. The Bertz CT molecular complexity index is 1020. The fraction of sp³-hybridized carbons (Fsp3) is 0.655. The first-order valence-electron chi connectivity index (χ1n) is 13.0. The molecule has 0 fully saturated rings. The lowest BCUT2D eigenvalue weighted by atomic mass is 9.81. The topological polar surface area (TPSA) is 142 Å². The van der Waals surface area contributed by atoms with Gasteiger partial charge in [-0.05, 0) is 84.9 Å². The first-order chi connectivity index (χ1) is 17.3. The largest absolute Gasteiger partial charge is 0.480 e. The normalized spacial score (nSPS) is 14.7. The summed E-state index contributed by atoms with van der Waals surface area (Å²) in [5.74, 6) is -3.99. The Labute approximate surface area is 226 Å². The Morgan fingerprint density at radius 3 is 1.74 bits per heavy atom. The number of carbonyl (C=O) groups excluding carboxylic acids is 3. The van der Waals surface area contributed by atoms with Crippen LogP contribution in [0.3, 0.4) is 0 Å². The van der Waals surface area contributed by atoms with Crippen LogP contribution in [-0.4, -0.2) is 41.6 Å². The number of carbonyl (C=O) groups is 4. The zero-order valence-corrected chi connectivity index (χ0v) is 24.5. The van der Waals surface area contributed by atoms with Gasteiger partial charge in [0.25, 0.3) is 0 Å². The molecule has 0 saturated heterocycles. The molecule has 0 bridgehead atoms. The Hall–Kier alpha value is -2.94. The molecule has 1 rings (SSSR count). The molecular formula is C29H45NO8. The average Bonchev–Trinajstić information content (AvgIpc) is 2.82. The molecule has 1 aromatic carbocycles. The molecule has 0 radical (unpaired) electrons. The number of hydrogen-bond acceptors (Lipinski definition) is 8. The Morgan fingerprint density at radius 1 is 0.842 bits per heavy atom. The molecule has 1 aromatic rings. The van der Waals surface area contributed by atoms with Crippen molar-refractivity contribution >= 4 is 23.9 Å². The number of carboxylic acids is 1. The van der Waals surface area contributed by atoms with Gasteiger partial charge in [-0.2, -0.15) is 0 Å². The van der Waals surface area contributed by atoms with Crippen LogP contribution in [0.2, 0.25) is 0 Å². The molecule has 2 unspecified atom stereocenters. The van der Waals surface area contributed by atoms with Crippen molar-refractivity contribution in [2.75, 3.05) is 6.61 Å². The van der Waals surface area contributed by atoms with E-state index in [2.05, 4.69) is 0 Å². The number of carboxylic acid groups (broad SMARTS) is 1. The minimum absolute atomic E-state index is 0.0178. The highest BCUT2D eigenvalue weighted by Crippen LogP contribution is 2.38. The maximum atomic E-state index is 12.9. The molecule has 0 aromatic heterocycles. The second-order valence-electron chi connectivity index (χ2n) is 12.2. The monoisotopic (exact) mass is 535 g/mol. The van der Waals surface area contributed by atoms with Gasteiger partial charge in [-0.3, -0.25) is 19.2 Å². The summed E-state index contributed by atoms with van der Waals surface area (Å²) in [6, 6.07) is 3.18. The predicted octanol–water partition coefficient (Wildman–Crippen LogP) is 5.09. The van der Waals surface area contributed by atoms with E-state index >= 15 is 0 Å². The lowest BCUT2D eigenvalue weighted by Crippen LogP contribution is -2.41. The lowest BCUT2D eigenvalue weighted by Gasteiger charge is -2.29. The number of rotatable bonds is 12. The second kappa shape index (κ2) is 12.7. The van der Waals surface area contributed by atoms with Crippen LogP contribution < -0.4 is 15.2 Å². The van der Waals surface area contributed by atoms with E-state index in [9.17, 15) is 24.3 Å². The number of benzene rings is 1. The lowest BCUT2D eigenvalue weighted by molar-refractivity contribution is -0.154. The Balaban J connectivity index is 3.55. The van der Waals surface area contributed by atoms with Gasteiger partial charge in [-0.1, -0.05) is 26.8 Å². The molecule has 0 spiro atoms. The highest BCUT2D eigenvalue weighted by atomic mass is 16.6. The smallest absolute Gasteiger partial charge is 0.321 e. The minimum Gasteiger partial charge on any atom is -0.480 e. The van der Waals surface area contributed by atoms with E-state index in [1.807, 2.05) is 13.8 Å². The molecular weight excluding hydrogens is 490 g/mol. The number of ether oxygens (including phenoxy) is 3. The quantitative estimate of drug-likeness (QED) is 0.276. The molecule has 3 N–H and O–H groups in total. The van der Waals surface area contributed by atoms with Crippen molar-refractivity contribution < 1.29 is 38.5 Å². The van der Waals surface area contributed by atoms with Gasteiger partial charge in [0.2, 0.25) is 0 Å². The van der Waals surface area contributed by atoms with Crippen LogP contribution in [0.4, 0.5) is 0 Å². The maximum absolute atomic E-state index is 12.9. The highest BCUT2D eigenvalue weighted by Gasteiger charge is 2.35. The first-order valence-corrected chi connectivity index (χ1v) is 13.0. The van der Waals surface area contributed by atoms with E-state index < -0.39 is 58.0 Å². The van der Waals surface area contributed by atoms with Crippen molar-refractivity contribution in [3.05, 3.63) is 23.8 Å².